The van der Waals surface area contributed by atoms with Gasteiger partial charge in [-0.05, 0) is 31.4 Å². The lowest BCUT2D eigenvalue weighted by Crippen LogP contribution is -2.38. The van der Waals surface area contributed by atoms with E-state index < -0.39 is 12.1 Å². The van der Waals surface area contributed by atoms with Gasteiger partial charge in [-0.2, -0.15) is 0 Å². The first kappa shape index (κ1) is 13.6. The van der Waals surface area contributed by atoms with Gasteiger partial charge >= 0.3 is 5.97 Å². The molecule has 2 N–H and O–H groups in total. The summed E-state index contributed by atoms with van der Waals surface area (Å²) in [5.41, 5.74) is 0.574. The van der Waals surface area contributed by atoms with Crippen LogP contribution in [0, 0.1) is 0 Å². The smallest absolute Gasteiger partial charge is 0.334 e. The molecule has 1 aliphatic carbocycles. The molecule has 1 aromatic rings. The molecule has 1 amide bonds. The van der Waals surface area contributed by atoms with Crippen LogP contribution in [-0.4, -0.2) is 41.3 Å². The molecule has 1 heterocycles. The van der Waals surface area contributed by atoms with E-state index >= 15 is 0 Å². The summed E-state index contributed by atoms with van der Waals surface area (Å²) < 4.78 is 6.73. The van der Waals surface area contributed by atoms with Gasteiger partial charge in [0.15, 0.2) is 6.10 Å². The first-order valence-corrected chi connectivity index (χ1v) is 6.34. The summed E-state index contributed by atoms with van der Waals surface area (Å²) in [6, 6.07) is 3.97. The van der Waals surface area contributed by atoms with Crippen LogP contribution in [0.1, 0.15) is 35.8 Å². The molecule has 0 aromatic carbocycles. The van der Waals surface area contributed by atoms with E-state index in [1.165, 1.54) is 13.5 Å². The molecule has 6 nitrogen and oxygen atoms in total. The van der Waals surface area contributed by atoms with Crippen molar-refractivity contribution in [3.05, 3.63) is 24.0 Å². The number of hydrogen-bond acceptors (Lipinski definition) is 3. The Kier molecular flexibility index (Phi) is 4.21. The number of aromatic nitrogens is 1. The topological polar surface area (TPSA) is 80.6 Å². The predicted octanol–water partition coefficient (Wildman–Crippen LogP) is 1.04. The van der Waals surface area contributed by atoms with Crippen LogP contribution in [0.4, 0.5) is 0 Å². The molecule has 2 rings (SSSR count). The van der Waals surface area contributed by atoms with E-state index in [1.54, 1.807) is 6.07 Å². The van der Waals surface area contributed by atoms with Gasteiger partial charge in [0.25, 0.3) is 5.91 Å². The highest BCUT2D eigenvalue weighted by molar-refractivity contribution is 5.93. The highest BCUT2D eigenvalue weighted by Crippen LogP contribution is 2.32. The third-order valence-corrected chi connectivity index (χ3v) is 3.49. The van der Waals surface area contributed by atoms with Gasteiger partial charge in [0.05, 0.1) is 6.54 Å². The van der Waals surface area contributed by atoms with Crippen LogP contribution in [0.15, 0.2) is 18.3 Å². The van der Waals surface area contributed by atoms with E-state index in [9.17, 15) is 9.59 Å². The standard InChI is InChI=1S/C13H18N2O4/c1-19-11(13(17)18)8-14-12(16)10-6-3-7-15(10)9-4-2-5-9/h3,6-7,9,11H,2,4-5,8H2,1H3,(H,14,16)(H,17,18). The first-order chi connectivity index (χ1) is 9.13. The minimum atomic E-state index is -1.09. The zero-order valence-corrected chi connectivity index (χ0v) is 10.8. The Morgan fingerprint density at radius 1 is 1.58 bits per heavy atom. The van der Waals surface area contributed by atoms with Crippen LogP contribution >= 0.6 is 0 Å². The molecule has 0 radical (unpaired) electrons. The number of carbonyl (C=O) groups is 2. The van der Waals surface area contributed by atoms with E-state index in [-0.39, 0.29) is 12.5 Å². The maximum Gasteiger partial charge on any atom is 0.334 e. The van der Waals surface area contributed by atoms with Gasteiger partial charge in [-0.25, -0.2) is 4.79 Å². The lowest BCUT2D eigenvalue weighted by molar-refractivity contribution is -0.148. The average Bonchev–Trinajstić information content (AvgIpc) is 2.75. The summed E-state index contributed by atoms with van der Waals surface area (Å²) in [7, 11) is 1.31. The molecule has 0 bridgehead atoms. The monoisotopic (exact) mass is 266 g/mol. The second kappa shape index (κ2) is 5.88. The highest BCUT2D eigenvalue weighted by atomic mass is 16.5. The lowest BCUT2D eigenvalue weighted by atomic mass is 9.93. The number of nitrogens with zero attached hydrogens (tertiary/aromatic N) is 1. The average molecular weight is 266 g/mol. The predicted molar refractivity (Wildman–Crippen MR) is 68.1 cm³/mol. The van der Waals surface area contributed by atoms with Crippen molar-refractivity contribution >= 4 is 11.9 Å². The van der Waals surface area contributed by atoms with Crippen molar-refractivity contribution in [2.75, 3.05) is 13.7 Å². The Morgan fingerprint density at radius 2 is 2.32 bits per heavy atom. The molecule has 1 atom stereocenters. The summed E-state index contributed by atoms with van der Waals surface area (Å²) in [5.74, 6) is -1.35. The van der Waals surface area contributed by atoms with Gasteiger partial charge < -0.3 is 19.7 Å². The number of nitrogens with one attached hydrogen (secondary N) is 1. The quantitative estimate of drug-likeness (QED) is 0.806. The first-order valence-electron chi connectivity index (χ1n) is 6.34. The number of methoxy groups -OCH3 is 1. The van der Waals surface area contributed by atoms with Crippen molar-refractivity contribution in [2.45, 2.75) is 31.4 Å². The molecule has 1 fully saturated rings. The van der Waals surface area contributed by atoms with E-state index in [0.717, 1.165) is 12.8 Å². The molecule has 1 saturated carbocycles. The Labute approximate surface area is 111 Å². The Bertz CT molecular complexity index is 465. The minimum Gasteiger partial charge on any atom is -0.479 e. The minimum absolute atomic E-state index is 0.0412. The van der Waals surface area contributed by atoms with Crippen molar-refractivity contribution < 1.29 is 19.4 Å². The summed E-state index contributed by atoms with van der Waals surface area (Å²) >= 11 is 0. The summed E-state index contributed by atoms with van der Waals surface area (Å²) in [5, 5.41) is 11.4. The third kappa shape index (κ3) is 2.96. The van der Waals surface area contributed by atoms with E-state index in [4.69, 9.17) is 9.84 Å². The fourth-order valence-corrected chi connectivity index (χ4v) is 2.12. The fourth-order valence-electron chi connectivity index (χ4n) is 2.12. The largest absolute Gasteiger partial charge is 0.479 e. The summed E-state index contributed by atoms with van der Waals surface area (Å²) in [6.07, 6.45) is 4.24. The number of carboxylic acid groups (broad SMARTS) is 1. The number of aliphatic carboxylic acids is 1. The molecule has 6 heteroatoms. The highest BCUT2D eigenvalue weighted by Gasteiger charge is 2.24. The number of carboxylic acids is 1. The number of ether oxygens (including phenoxy) is 1. The van der Waals surface area contributed by atoms with Crippen LogP contribution in [0.3, 0.4) is 0 Å². The second-order valence-electron chi connectivity index (χ2n) is 4.66. The van der Waals surface area contributed by atoms with Gasteiger partial charge in [0.2, 0.25) is 0 Å². The summed E-state index contributed by atoms with van der Waals surface area (Å²) in [6.45, 7) is -0.0412. The lowest BCUT2D eigenvalue weighted by Gasteiger charge is -2.28. The zero-order valence-electron chi connectivity index (χ0n) is 10.8. The fraction of sp³-hybridized carbons (Fsp3) is 0.538. The third-order valence-electron chi connectivity index (χ3n) is 3.49. The van der Waals surface area contributed by atoms with E-state index in [1.807, 2.05) is 16.8 Å². The number of carbonyl (C=O) groups excluding carboxylic acids is 1. The number of hydrogen-bond donors (Lipinski definition) is 2. The Hall–Kier alpha value is -1.82. The molecule has 0 aliphatic heterocycles. The Morgan fingerprint density at radius 3 is 2.84 bits per heavy atom. The number of rotatable bonds is 6. The van der Waals surface area contributed by atoms with Crippen LogP contribution in [0.5, 0.6) is 0 Å². The van der Waals surface area contributed by atoms with Crippen molar-refractivity contribution in [3.63, 3.8) is 0 Å². The van der Waals surface area contributed by atoms with Crippen molar-refractivity contribution in [1.29, 1.82) is 0 Å². The molecular formula is C13H18N2O4. The molecule has 0 saturated heterocycles. The molecule has 19 heavy (non-hydrogen) atoms. The Balaban J connectivity index is 1.96. The van der Waals surface area contributed by atoms with Crippen LogP contribution in [-0.2, 0) is 9.53 Å². The molecule has 104 valence electrons. The van der Waals surface area contributed by atoms with Crippen molar-refractivity contribution in [2.24, 2.45) is 0 Å². The SMILES string of the molecule is COC(CNC(=O)c1cccn1C1CCC1)C(=O)O. The molecule has 1 aliphatic rings. The van der Waals surface area contributed by atoms with Gasteiger partial charge in [-0.1, -0.05) is 0 Å². The maximum atomic E-state index is 12.0. The second-order valence-corrected chi connectivity index (χ2v) is 4.66. The van der Waals surface area contributed by atoms with Crippen LogP contribution < -0.4 is 5.32 Å². The van der Waals surface area contributed by atoms with Gasteiger partial charge in [0.1, 0.15) is 5.69 Å². The van der Waals surface area contributed by atoms with Gasteiger partial charge in [0, 0.05) is 19.3 Å². The van der Waals surface area contributed by atoms with Crippen LogP contribution in [0.2, 0.25) is 0 Å². The molecule has 1 unspecified atom stereocenters. The molecular weight excluding hydrogens is 248 g/mol. The van der Waals surface area contributed by atoms with Gasteiger partial charge in [-0.15, -0.1) is 0 Å². The molecule has 0 spiro atoms. The van der Waals surface area contributed by atoms with Gasteiger partial charge in [-0.3, -0.25) is 4.79 Å². The van der Waals surface area contributed by atoms with Crippen LogP contribution in [0.25, 0.3) is 0 Å². The summed E-state index contributed by atoms with van der Waals surface area (Å²) in [4.78, 5) is 22.8. The zero-order chi connectivity index (χ0) is 13.8. The number of amides is 1. The molecule has 1 aromatic heterocycles. The van der Waals surface area contributed by atoms with E-state index in [0.29, 0.717) is 11.7 Å². The maximum absolute atomic E-state index is 12.0. The van der Waals surface area contributed by atoms with Crippen molar-refractivity contribution in [3.8, 4) is 0 Å². The van der Waals surface area contributed by atoms with Crippen molar-refractivity contribution in [1.82, 2.24) is 9.88 Å². The normalized spacial score (nSPS) is 16.7. The van der Waals surface area contributed by atoms with E-state index in [2.05, 4.69) is 5.32 Å².